The zero-order chi connectivity index (χ0) is 28.0. The van der Waals surface area contributed by atoms with Gasteiger partial charge in [-0.3, -0.25) is 9.69 Å². The number of halogens is 1. The van der Waals surface area contributed by atoms with Crippen LogP contribution < -0.4 is 0 Å². The molecular weight excluding hydrogens is 537 g/mol. The molecule has 6 rings (SSSR count). The van der Waals surface area contributed by atoms with E-state index in [1.54, 1.807) is 35.3 Å². The van der Waals surface area contributed by atoms with Gasteiger partial charge in [0.15, 0.2) is 10.9 Å². The van der Waals surface area contributed by atoms with Crippen molar-refractivity contribution in [1.29, 1.82) is 0 Å². The normalized spacial score (nSPS) is 14.0. The standard InChI is InChI=1S/C31H28FN7OS/c32-25-12-14-26(15-13-25)39-27(22-41-31-33-16-7-17-34-31)28(35-36-39)30(40)38-20-18-37(19-21-38)29(23-8-3-1-4-9-23)24-10-5-2-6-11-24/h1-17,29H,18-22H2. The van der Waals surface area contributed by atoms with E-state index in [9.17, 15) is 9.18 Å². The summed E-state index contributed by atoms with van der Waals surface area (Å²) < 4.78 is 15.2. The Morgan fingerprint density at radius 1 is 0.805 bits per heavy atom. The van der Waals surface area contributed by atoms with Crippen LogP contribution >= 0.6 is 11.8 Å². The number of rotatable bonds is 8. The Balaban J connectivity index is 1.23. The van der Waals surface area contributed by atoms with E-state index in [-0.39, 0.29) is 23.5 Å². The number of thioether (sulfide) groups is 1. The summed E-state index contributed by atoms with van der Waals surface area (Å²) in [6.45, 7) is 2.56. The van der Waals surface area contributed by atoms with E-state index >= 15 is 0 Å². The number of aromatic nitrogens is 5. The summed E-state index contributed by atoms with van der Waals surface area (Å²) in [7, 11) is 0. The second-order valence-electron chi connectivity index (χ2n) is 9.65. The number of amides is 1. The highest BCUT2D eigenvalue weighted by Crippen LogP contribution is 2.30. The lowest BCUT2D eigenvalue weighted by Crippen LogP contribution is -2.50. The Hall–Kier alpha value is -4.41. The number of benzene rings is 3. The van der Waals surface area contributed by atoms with E-state index in [1.807, 2.05) is 17.0 Å². The quantitative estimate of drug-likeness (QED) is 0.193. The summed E-state index contributed by atoms with van der Waals surface area (Å²) in [6, 6.07) is 28.8. The number of carbonyl (C=O) groups is 1. The lowest BCUT2D eigenvalue weighted by atomic mass is 9.96. The van der Waals surface area contributed by atoms with Gasteiger partial charge in [0.1, 0.15) is 5.82 Å². The van der Waals surface area contributed by atoms with Crippen LogP contribution in [0.3, 0.4) is 0 Å². The maximum Gasteiger partial charge on any atom is 0.276 e. The Morgan fingerprint density at radius 2 is 1.41 bits per heavy atom. The van der Waals surface area contributed by atoms with Crippen LogP contribution in [0.1, 0.15) is 33.4 Å². The predicted octanol–water partition coefficient (Wildman–Crippen LogP) is 5.04. The second-order valence-corrected chi connectivity index (χ2v) is 10.6. The van der Waals surface area contributed by atoms with Crippen molar-refractivity contribution in [1.82, 2.24) is 34.8 Å². The van der Waals surface area contributed by atoms with E-state index in [4.69, 9.17) is 0 Å². The van der Waals surface area contributed by atoms with Gasteiger partial charge in [0, 0.05) is 44.3 Å². The Bertz CT molecular complexity index is 1540. The van der Waals surface area contributed by atoms with Crippen LogP contribution in [0.5, 0.6) is 0 Å². The molecule has 0 bridgehead atoms. The largest absolute Gasteiger partial charge is 0.335 e. The number of piperazine rings is 1. The molecule has 1 aliphatic rings. The second kappa shape index (κ2) is 12.4. The molecule has 0 spiro atoms. The molecule has 0 atom stereocenters. The molecule has 0 saturated carbocycles. The fourth-order valence-corrected chi connectivity index (χ4v) is 5.89. The van der Waals surface area contributed by atoms with Gasteiger partial charge in [-0.15, -0.1) is 5.10 Å². The fourth-order valence-electron chi connectivity index (χ4n) is 5.10. The first-order chi connectivity index (χ1) is 20.2. The van der Waals surface area contributed by atoms with Gasteiger partial charge in [-0.25, -0.2) is 19.0 Å². The van der Waals surface area contributed by atoms with E-state index in [1.165, 1.54) is 35.0 Å². The summed E-state index contributed by atoms with van der Waals surface area (Å²) in [5.41, 5.74) is 3.98. The van der Waals surface area contributed by atoms with Crippen LogP contribution in [-0.2, 0) is 5.75 Å². The van der Waals surface area contributed by atoms with Gasteiger partial charge < -0.3 is 4.90 Å². The lowest BCUT2D eigenvalue weighted by molar-refractivity contribution is 0.0591. The van der Waals surface area contributed by atoms with E-state index in [0.29, 0.717) is 48.5 Å². The SMILES string of the molecule is O=C(c1nnn(-c2ccc(F)cc2)c1CSc1ncccn1)N1CCN(C(c2ccccc2)c2ccccc2)CC1. The van der Waals surface area contributed by atoms with Crippen LogP contribution in [0, 0.1) is 5.82 Å². The number of hydrogen-bond acceptors (Lipinski definition) is 7. The Labute approximate surface area is 241 Å². The highest BCUT2D eigenvalue weighted by atomic mass is 32.2. The zero-order valence-electron chi connectivity index (χ0n) is 22.3. The molecule has 0 aliphatic carbocycles. The van der Waals surface area contributed by atoms with Crippen molar-refractivity contribution in [3.05, 3.63) is 132 Å². The third-order valence-corrected chi connectivity index (χ3v) is 8.00. The molecule has 3 heterocycles. The van der Waals surface area contributed by atoms with Gasteiger partial charge in [-0.05, 0) is 41.5 Å². The molecule has 41 heavy (non-hydrogen) atoms. The maximum atomic E-state index is 13.8. The van der Waals surface area contributed by atoms with Crippen molar-refractivity contribution >= 4 is 17.7 Å². The number of nitrogens with zero attached hydrogens (tertiary/aromatic N) is 7. The van der Waals surface area contributed by atoms with Gasteiger partial charge in [0.05, 0.1) is 17.4 Å². The molecule has 1 amide bonds. The smallest absolute Gasteiger partial charge is 0.276 e. The molecule has 0 N–H and O–H groups in total. The van der Waals surface area contributed by atoms with E-state index < -0.39 is 0 Å². The number of hydrogen-bond donors (Lipinski definition) is 0. The van der Waals surface area contributed by atoms with Gasteiger partial charge in [0.2, 0.25) is 0 Å². The van der Waals surface area contributed by atoms with Crippen molar-refractivity contribution in [3.63, 3.8) is 0 Å². The average molecular weight is 566 g/mol. The predicted molar refractivity (Wildman–Crippen MR) is 155 cm³/mol. The Kier molecular flexibility index (Phi) is 8.11. The van der Waals surface area contributed by atoms with Gasteiger partial charge in [-0.1, -0.05) is 77.6 Å². The third kappa shape index (κ3) is 6.03. The van der Waals surface area contributed by atoms with Crippen molar-refractivity contribution < 1.29 is 9.18 Å². The Morgan fingerprint density at radius 3 is 2.02 bits per heavy atom. The molecule has 2 aromatic heterocycles. The average Bonchev–Trinajstić information content (AvgIpc) is 3.46. The molecule has 0 unspecified atom stereocenters. The molecular formula is C31H28FN7OS. The van der Waals surface area contributed by atoms with E-state index in [0.717, 1.165) is 0 Å². The van der Waals surface area contributed by atoms with Gasteiger partial charge in [0.25, 0.3) is 5.91 Å². The third-order valence-electron chi connectivity index (χ3n) is 7.11. The summed E-state index contributed by atoms with van der Waals surface area (Å²) in [5, 5.41) is 9.19. The van der Waals surface area contributed by atoms with Crippen LogP contribution in [-0.4, -0.2) is 66.8 Å². The molecule has 1 aliphatic heterocycles. The zero-order valence-corrected chi connectivity index (χ0v) is 23.1. The molecule has 8 nitrogen and oxygen atoms in total. The van der Waals surface area contributed by atoms with Crippen LogP contribution in [0.15, 0.2) is 109 Å². The first-order valence-corrected chi connectivity index (χ1v) is 14.4. The fraction of sp³-hybridized carbons (Fsp3) is 0.194. The first-order valence-electron chi connectivity index (χ1n) is 13.4. The monoisotopic (exact) mass is 565 g/mol. The minimum Gasteiger partial charge on any atom is -0.335 e. The van der Waals surface area contributed by atoms with Crippen molar-refractivity contribution in [2.24, 2.45) is 0 Å². The first kappa shape index (κ1) is 26.8. The molecule has 206 valence electrons. The summed E-state index contributed by atoms with van der Waals surface area (Å²) >= 11 is 1.39. The summed E-state index contributed by atoms with van der Waals surface area (Å²) in [5.74, 6) is -0.140. The molecule has 5 aromatic rings. The van der Waals surface area contributed by atoms with Crippen LogP contribution in [0.25, 0.3) is 5.69 Å². The highest BCUT2D eigenvalue weighted by molar-refractivity contribution is 7.98. The number of carbonyl (C=O) groups excluding carboxylic acids is 1. The molecule has 3 aromatic carbocycles. The molecule has 1 fully saturated rings. The minimum absolute atomic E-state index is 0.104. The summed E-state index contributed by atoms with van der Waals surface area (Å²) in [4.78, 5) is 26.7. The molecule has 0 radical (unpaired) electrons. The highest BCUT2D eigenvalue weighted by Gasteiger charge is 2.31. The van der Waals surface area contributed by atoms with Gasteiger partial charge in [-0.2, -0.15) is 0 Å². The molecule has 10 heteroatoms. The topological polar surface area (TPSA) is 80.0 Å². The summed E-state index contributed by atoms with van der Waals surface area (Å²) in [6.07, 6.45) is 3.35. The lowest BCUT2D eigenvalue weighted by Gasteiger charge is -2.39. The van der Waals surface area contributed by atoms with Crippen molar-refractivity contribution in [2.45, 2.75) is 17.0 Å². The molecule has 1 saturated heterocycles. The van der Waals surface area contributed by atoms with Crippen molar-refractivity contribution in [3.8, 4) is 5.69 Å². The maximum absolute atomic E-state index is 13.8. The van der Waals surface area contributed by atoms with Gasteiger partial charge >= 0.3 is 0 Å². The van der Waals surface area contributed by atoms with Crippen molar-refractivity contribution in [2.75, 3.05) is 26.2 Å². The minimum atomic E-state index is -0.346. The van der Waals surface area contributed by atoms with Crippen LogP contribution in [0.4, 0.5) is 4.39 Å². The van der Waals surface area contributed by atoms with Crippen LogP contribution in [0.2, 0.25) is 0 Å². The van der Waals surface area contributed by atoms with E-state index in [2.05, 4.69) is 73.7 Å².